The SMILES string of the molecule is c1cc(N2CCOCC2)ncc1-c1ccc2c(n1)OCCNC2. The highest BCUT2D eigenvalue weighted by molar-refractivity contribution is 5.61. The number of ether oxygens (including phenoxy) is 2. The maximum Gasteiger partial charge on any atom is 0.218 e. The summed E-state index contributed by atoms with van der Waals surface area (Å²) in [4.78, 5) is 11.5. The van der Waals surface area contributed by atoms with Gasteiger partial charge in [-0.25, -0.2) is 9.97 Å². The average molecular weight is 312 g/mol. The monoisotopic (exact) mass is 312 g/mol. The van der Waals surface area contributed by atoms with Crippen LogP contribution in [0.2, 0.25) is 0 Å². The Balaban J connectivity index is 1.57. The molecule has 0 atom stereocenters. The van der Waals surface area contributed by atoms with E-state index in [-0.39, 0.29) is 0 Å². The lowest BCUT2D eigenvalue weighted by molar-refractivity contribution is 0.122. The number of nitrogens with one attached hydrogen (secondary N) is 1. The van der Waals surface area contributed by atoms with Crippen molar-refractivity contribution in [3.8, 4) is 17.1 Å². The van der Waals surface area contributed by atoms with Crippen LogP contribution in [0, 0.1) is 0 Å². The van der Waals surface area contributed by atoms with Crippen molar-refractivity contribution >= 4 is 5.82 Å². The normalized spacial score (nSPS) is 18.0. The first-order valence-corrected chi connectivity index (χ1v) is 8.03. The topological polar surface area (TPSA) is 59.5 Å². The van der Waals surface area contributed by atoms with Crippen LogP contribution in [0.5, 0.6) is 5.88 Å². The molecule has 0 radical (unpaired) electrons. The lowest BCUT2D eigenvalue weighted by atomic mass is 10.1. The van der Waals surface area contributed by atoms with Gasteiger partial charge >= 0.3 is 0 Å². The van der Waals surface area contributed by atoms with Gasteiger partial charge in [-0.15, -0.1) is 0 Å². The molecule has 0 spiro atoms. The van der Waals surface area contributed by atoms with Gasteiger partial charge in [0.25, 0.3) is 0 Å². The molecule has 0 saturated carbocycles. The molecule has 1 saturated heterocycles. The zero-order valence-corrected chi connectivity index (χ0v) is 13.0. The van der Waals surface area contributed by atoms with Crippen LogP contribution >= 0.6 is 0 Å². The van der Waals surface area contributed by atoms with Crippen molar-refractivity contribution in [2.75, 3.05) is 44.4 Å². The highest BCUT2D eigenvalue weighted by Crippen LogP contribution is 2.25. The van der Waals surface area contributed by atoms with Gasteiger partial charge in [0.1, 0.15) is 12.4 Å². The molecular formula is C17H20N4O2. The van der Waals surface area contributed by atoms with Gasteiger partial charge in [0.15, 0.2) is 0 Å². The van der Waals surface area contributed by atoms with Crippen LogP contribution in [-0.2, 0) is 11.3 Å². The number of rotatable bonds is 2. The summed E-state index contributed by atoms with van der Waals surface area (Å²) in [7, 11) is 0. The smallest absolute Gasteiger partial charge is 0.218 e. The van der Waals surface area contributed by atoms with E-state index in [2.05, 4.69) is 38.4 Å². The van der Waals surface area contributed by atoms with Gasteiger partial charge < -0.3 is 19.7 Å². The number of pyridine rings is 2. The Morgan fingerprint density at radius 2 is 1.96 bits per heavy atom. The molecule has 2 aromatic heterocycles. The van der Waals surface area contributed by atoms with Crippen LogP contribution in [0.25, 0.3) is 11.3 Å². The number of fused-ring (bicyclic) bond motifs is 1. The van der Waals surface area contributed by atoms with Gasteiger partial charge in [-0.1, -0.05) is 6.07 Å². The van der Waals surface area contributed by atoms with Gasteiger partial charge in [-0.3, -0.25) is 0 Å². The van der Waals surface area contributed by atoms with Crippen molar-refractivity contribution < 1.29 is 9.47 Å². The average Bonchev–Trinajstić information content (AvgIpc) is 2.87. The number of morpholine rings is 1. The summed E-state index contributed by atoms with van der Waals surface area (Å²) in [6.45, 7) is 5.62. The van der Waals surface area contributed by atoms with Crippen molar-refractivity contribution in [3.63, 3.8) is 0 Å². The zero-order valence-electron chi connectivity index (χ0n) is 13.0. The number of hydrogen-bond donors (Lipinski definition) is 1. The summed E-state index contributed by atoms with van der Waals surface area (Å²) < 4.78 is 11.1. The molecule has 1 fully saturated rings. The molecule has 120 valence electrons. The number of aromatic nitrogens is 2. The minimum absolute atomic E-state index is 0.650. The van der Waals surface area contributed by atoms with Crippen LogP contribution in [0.1, 0.15) is 5.56 Å². The number of anilines is 1. The Kier molecular flexibility index (Phi) is 4.08. The molecule has 2 aromatic rings. The van der Waals surface area contributed by atoms with Crippen molar-refractivity contribution in [1.29, 1.82) is 0 Å². The molecule has 6 heteroatoms. The Morgan fingerprint density at radius 1 is 1.04 bits per heavy atom. The van der Waals surface area contributed by atoms with E-state index in [1.807, 2.05) is 12.3 Å². The first kappa shape index (κ1) is 14.4. The first-order valence-electron chi connectivity index (χ1n) is 8.03. The largest absolute Gasteiger partial charge is 0.476 e. The molecule has 0 bridgehead atoms. The van der Waals surface area contributed by atoms with Crippen LogP contribution in [-0.4, -0.2) is 49.4 Å². The Morgan fingerprint density at radius 3 is 2.78 bits per heavy atom. The molecule has 0 aliphatic carbocycles. The minimum atomic E-state index is 0.650. The van der Waals surface area contributed by atoms with Crippen LogP contribution < -0.4 is 15.0 Å². The standard InChI is InChI=1S/C17H20N4O2/c1-3-15(20-17-14(1)11-18-5-8-23-17)13-2-4-16(19-12-13)21-6-9-22-10-7-21/h1-4,12,18H,5-11H2. The van der Waals surface area contributed by atoms with E-state index in [9.17, 15) is 0 Å². The summed E-state index contributed by atoms with van der Waals surface area (Å²) in [6, 6.07) is 8.23. The summed E-state index contributed by atoms with van der Waals surface area (Å²) in [5, 5.41) is 3.31. The third-order valence-electron chi connectivity index (χ3n) is 4.15. The van der Waals surface area contributed by atoms with Crippen LogP contribution in [0.15, 0.2) is 30.5 Å². The maximum absolute atomic E-state index is 5.71. The molecule has 0 unspecified atom stereocenters. The molecule has 0 amide bonds. The Hall–Kier alpha value is -2.18. The zero-order chi connectivity index (χ0) is 15.5. The molecular weight excluding hydrogens is 292 g/mol. The summed E-state index contributed by atoms with van der Waals surface area (Å²) >= 11 is 0. The van der Waals surface area contributed by atoms with Crippen molar-refractivity contribution in [3.05, 3.63) is 36.0 Å². The lowest BCUT2D eigenvalue weighted by Crippen LogP contribution is -2.36. The summed E-state index contributed by atoms with van der Waals surface area (Å²) in [5.74, 6) is 1.72. The molecule has 4 heterocycles. The quantitative estimate of drug-likeness (QED) is 0.906. The molecule has 23 heavy (non-hydrogen) atoms. The predicted molar refractivity (Wildman–Crippen MR) is 87.7 cm³/mol. The van der Waals surface area contributed by atoms with Crippen LogP contribution in [0.4, 0.5) is 5.82 Å². The first-order chi connectivity index (χ1) is 11.4. The molecule has 6 nitrogen and oxygen atoms in total. The Labute approximate surface area is 135 Å². The molecule has 1 N–H and O–H groups in total. The maximum atomic E-state index is 5.71. The van der Waals surface area contributed by atoms with E-state index in [0.29, 0.717) is 6.61 Å². The van der Waals surface area contributed by atoms with Crippen LogP contribution in [0.3, 0.4) is 0 Å². The van der Waals surface area contributed by atoms with Gasteiger partial charge in [-0.05, 0) is 18.2 Å². The fourth-order valence-electron chi connectivity index (χ4n) is 2.85. The van der Waals surface area contributed by atoms with E-state index < -0.39 is 0 Å². The molecule has 0 aromatic carbocycles. The second-order valence-electron chi connectivity index (χ2n) is 5.69. The van der Waals surface area contributed by atoms with Gasteiger partial charge in [0.05, 0.1) is 18.9 Å². The number of hydrogen-bond acceptors (Lipinski definition) is 6. The Bertz CT molecular complexity index is 669. The highest BCUT2D eigenvalue weighted by atomic mass is 16.5. The fourth-order valence-corrected chi connectivity index (χ4v) is 2.85. The molecule has 4 rings (SSSR count). The van der Waals surface area contributed by atoms with E-state index in [1.165, 1.54) is 0 Å². The minimum Gasteiger partial charge on any atom is -0.476 e. The van der Waals surface area contributed by atoms with Gasteiger partial charge in [0, 0.05) is 43.5 Å². The third-order valence-corrected chi connectivity index (χ3v) is 4.15. The number of nitrogens with zero attached hydrogens (tertiary/aromatic N) is 3. The lowest BCUT2D eigenvalue weighted by Gasteiger charge is -2.27. The second kappa shape index (κ2) is 6.52. The van der Waals surface area contributed by atoms with E-state index >= 15 is 0 Å². The highest BCUT2D eigenvalue weighted by Gasteiger charge is 2.14. The fraction of sp³-hybridized carbons (Fsp3) is 0.412. The van der Waals surface area contributed by atoms with Gasteiger partial charge in [-0.2, -0.15) is 0 Å². The van der Waals surface area contributed by atoms with Crippen molar-refractivity contribution in [2.24, 2.45) is 0 Å². The summed E-state index contributed by atoms with van der Waals surface area (Å²) in [6.07, 6.45) is 1.88. The summed E-state index contributed by atoms with van der Waals surface area (Å²) in [5.41, 5.74) is 3.00. The van der Waals surface area contributed by atoms with E-state index in [1.54, 1.807) is 0 Å². The molecule has 2 aliphatic rings. The second-order valence-corrected chi connectivity index (χ2v) is 5.69. The van der Waals surface area contributed by atoms with Crippen molar-refractivity contribution in [1.82, 2.24) is 15.3 Å². The third kappa shape index (κ3) is 3.13. The van der Waals surface area contributed by atoms with Crippen molar-refractivity contribution in [2.45, 2.75) is 6.54 Å². The predicted octanol–water partition coefficient (Wildman–Crippen LogP) is 1.46. The molecule has 2 aliphatic heterocycles. The van der Waals surface area contributed by atoms with Gasteiger partial charge in [0.2, 0.25) is 5.88 Å². The van der Waals surface area contributed by atoms with E-state index in [0.717, 1.165) is 67.9 Å². The van der Waals surface area contributed by atoms with E-state index in [4.69, 9.17) is 9.47 Å².